The Labute approximate surface area is 343 Å². The van der Waals surface area contributed by atoms with Crippen molar-refractivity contribution >= 4 is 11.9 Å². The number of hydrogen-bond acceptors (Lipinski definition) is 7. The molecule has 0 aliphatic rings. The molecule has 55 heavy (non-hydrogen) atoms. The van der Waals surface area contributed by atoms with E-state index >= 15 is 0 Å². The average molecular weight is 778 g/mol. The van der Waals surface area contributed by atoms with Gasteiger partial charge in [0.25, 0.3) is 0 Å². The summed E-state index contributed by atoms with van der Waals surface area (Å²) >= 11 is 0. The van der Waals surface area contributed by atoms with Crippen molar-refractivity contribution in [3.8, 4) is 0 Å². The lowest BCUT2D eigenvalue weighted by Crippen LogP contribution is -2.30. The van der Waals surface area contributed by atoms with Crippen molar-refractivity contribution in [1.82, 2.24) is 15.5 Å². The van der Waals surface area contributed by atoms with Gasteiger partial charge in [-0.05, 0) is 83.8 Å². The van der Waals surface area contributed by atoms with Crippen LogP contribution in [0, 0.1) is 0 Å². The lowest BCUT2D eigenvalue weighted by atomic mass is 10.0. The molecule has 0 aromatic rings. The summed E-state index contributed by atoms with van der Waals surface area (Å²) in [5.74, 6) is 0.891. The van der Waals surface area contributed by atoms with E-state index in [9.17, 15) is 9.59 Å². The van der Waals surface area contributed by atoms with Crippen molar-refractivity contribution in [3.63, 3.8) is 0 Å². The van der Waals surface area contributed by atoms with Crippen LogP contribution in [0.5, 0.6) is 0 Å². The van der Waals surface area contributed by atoms with Crippen molar-refractivity contribution in [2.24, 2.45) is 0 Å². The molecule has 0 rings (SSSR count). The molecule has 2 N–H and O–H groups in total. The lowest BCUT2D eigenvalue weighted by molar-refractivity contribution is -0.150. The van der Waals surface area contributed by atoms with E-state index in [0.29, 0.717) is 19.4 Å². The van der Waals surface area contributed by atoms with Gasteiger partial charge in [0.15, 0.2) is 0 Å². The number of rotatable bonds is 45. The first-order valence-corrected chi connectivity index (χ1v) is 24.1. The second kappa shape index (κ2) is 43.4. The van der Waals surface area contributed by atoms with E-state index in [1.165, 1.54) is 154 Å². The van der Waals surface area contributed by atoms with E-state index in [1.807, 2.05) is 7.05 Å². The van der Waals surface area contributed by atoms with Crippen LogP contribution in [0.2, 0.25) is 0 Å². The number of esters is 2. The molecule has 7 heteroatoms. The van der Waals surface area contributed by atoms with E-state index in [4.69, 9.17) is 9.47 Å². The first kappa shape index (κ1) is 53.2. The minimum Gasteiger partial charge on any atom is -0.466 e. The van der Waals surface area contributed by atoms with E-state index in [-0.39, 0.29) is 18.0 Å². The SMILES string of the molecule is C=C(NC)NCCCN(CCCCCCCC(=O)OCCCCCCCCC)CCCCCCCC(=O)OC(CCCCCCCC)CCCCCCCC. The van der Waals surface area contributed by atoms with Gasteiger partial charge in [0.2, 0.25) is 0 Å². The second-order valence-electron chi connectivity index (χ2n) is 16.5. The highest BCUT2D eigenvalue weighted by atomic mass is 16.5. The summed E-state index contributed by atoms with van der Waals surface area (Å²) in [5.41, 5.74) is 0. The van der Waals surface area contributed by atoms with Gasteiger partial charge in [-0.2, -0.15) is 0 Å². The molecule has 0 aromatic carbocycles. The molecule has 0 aliphatic heterocycles. The second-order valence-corrected chi connectivity index (χ2v) is 16.5. The molecule has 0 bridgehead atoms. The fourth-order valence-corrected chi connectivity index (χ4v) is 7.36. The standard InChI is InChI=1S/C48H95N3O4/c1-6-9-12-15-18-27-34-44-54-47(52)38-30-23-19-25-32-41-51(43-35-40-50-45(4)49-5)42-33-26-20-24-31-39-48(53)55-46(36-28-21-16-13-10-7-2)37-29-22-17-14-11-8-3/h46,49-50H,4,6-44H2,1-3,5H3. The van der Waals surface area contributed by atoms with Gasteiger partial charge in [0.05, 0.1) is 12.4 Å². The summed E-state index contributed by atoms with van der Waals surface area (Å²) < 4.78 is 11.5. The Morgan fingerprint density at radius 1 is 0.509 bits per heavy atom. The number of nitrogens with one attached hydrogen (secondary N) is 2. The molecule has 0 atom stereocenters. The van der Waals surface area contributed by atoms with Crippen LogP contribution in [0.25, 0.3) is 0 Å². The number of ether oxygens (including phenoxy) is 2. The molecule has 0 unspecified atom stereocenters. The summed E-state index contributed by atoms with van der Waals surface area (Å²) in [7, 11) is 1.90. The number of nitrogens with zero attached hydrogens (tertiary/aromatic N) is 1. The third-order valence-corrected chi connectivity index (χ3v) is 11.1. The zero-order valence-corrected chi connectivity index (χ0v) is 37.4. The monoisotopic (exact) mass is 778 g/mol. The Morgan fingerprint density at radius 3 is 1.40 bits per heavy atom. The third kappa shape index (κ3) is 40.2. The first-order valence-electron chi connectivity index (χ1n) is 24.1. The van der Waals surface area contributed by atoms with E-state index in [0.717, 1.165) is 83.4 Å². The predicted octanol–water partition coefficient (Wildman–Crippen LogP) is 13.3. The molecule has 326 valence electrons. The maximum absolute atomic E-state index is 12.8. The minimum absolute atomic E-state index is 0.0158. The molecule has 0 aromatic heterocycles. The normalized spacial score (nSPS) is 11.4. The first-order chi connectivity index (χ1) is 27.0. The molecule has 0 radical (unpaired) electrons. The van der Waals surface area contributed by atoms with Crippen LogP contribution >= 0.6 is 0 Å². The van der Waals surface area contributed by atoms with Gasteiger partial charge in [0, 0.05) is 26.4 Å². The number of unbranched alkanes of at least 4 members (excludes halogenated alkanes) is 24. The van der Waals surface area contributed by atoms with Crippen molar-refractivity contribution < 1.29 is 19.1 Å². The van der Waals surface area contributed by atoms with Crippen molar-refractivity contribution in [2.45, 2.75) is 245 Å². The summed E-state index contributed by atoms with van der Waals surface area (Å²) in [5, 5.41) is 6.43. The Morgan fingerprint density at radius 2 is 0.909 bits per heavy atom. The van der Waals surface area contributed by atoms with Gasteiger partial charge < -0.3 is 25.0 Å². The van der Waals surface area contributed by atoms with E-state index in [2.05, 4.69) is 42.9 Å². The van der Waals surface area contributed by atoms with Crippen molar-refractivity contribution in [2.75, 3.05) is 39.8 Å². The van der Waals surface area contributed by atoms with Gasteiger partial charge in [-0.25, -0.2) is 0 Å². The molecule has 0 saturated carbocycles. The Kier molecular flexibility index (Phi) is 42.0. The van der Waals surface area contributed by atoms with Gasteiger partial charge >= 0.3 is 11.9 Å². The highest BCUT2D eigenvalue weighted by Crippen LogP contribution is 2.18. The van der Waals surface area contributed by atoms with Gasteiger partial charge in [-0.1, -0.05) is 169 Å². The van der Waals surface area contributed by atoms with Crippen molar-refractivity contribution in [3.05, 3.63) is 12.4 Å². The smallest absolute Gasteiger partial charge is 0.306 e. The number of carbonyl (C=O) groups excluding carboxylic acids is 2. The van der Waals surface area contributed by atoms with Crippen LogP contribution in [-0.4, -0.2) is 62.8 Å². The Balaban J connectivity index is 4.29. The van der Waals surface area contributed by atoms with Crippen molar-refractivity contribution in [1.29, 1.82) is 0 Å². The predicted molar refractivity (Wildman–Crippen MR) is 237 cm³/mol. The fraction of sp³-hybridized carbons (Fsp3) is 0.917. The van der Waals surface area contributed by atoms with Crippen LogP contribution in [0.4, 0.5) is 0 Å². The summed E-state index contributed by atoms with van der Waals surface area (Å²) in [6.45, 7) is 15.7. The van der Waals surface area contributed by atoms with Gasteiger partial charge in [0.1, 0.15) is 6.10 Å². The third-order valence-electron chi connectivity index (χ3n) is 11.1. The van der Waals surface area contributed by atoms with E-state index < -0.39 is 0 Å². The molecular formula is C48H95N3O4. The highest BCUT2D eigenvalue weighted by Gasteiger charge is 2.14. The van der Waals surface area contributed by atoms with E-state index in [1.54, 1.807) is 0 Å². The molecule has 0 heterocycles. The number of hydrogen-bond donors (Lipinski definition) is 2. The Bertz CT molecular complexity index is 822. The molecule has 0 saturated heterocycles. The molecule has 0 spiro atoms. The molecule has 0 amide bonds. The highest BCUT2D eigenvalue weighted by molar-refractivity contribution is 5.69. The summed E-state index contributed by atoms with van der Waals surface area (Å²) in [6, 6.07) is 0. The van der Waals surface area contributed by atoms with Gasteiger partial charge in [-0.15, -0.1) is 0 Å². The molecular weight excluding hydrogens is 683 g/mol. The fourth-order valence-electron chi connectivity index (χ4n) is 7.36. The molecule has 7 nitrogen and oxygen atoms in total. The zero-order chi connectivity index (χ0) is 40.3. The molecule has 0 fully saturated rings. The number of carbonyl (C=O) groups is 2. The van der Waals surface area contributed by atoms with Crippen LogP contribution < -0.4 is 10.6 Å². The van der Waals surface area contributed by atoms with Crippen LogP contribution in [0.3, 0.4) is 0 Å². The van der Waals surface area contributed by atoms with Crippen LogP contribution in [-0.2, 0) is 19.1 Å². The zero-order valence-electron chi connectivity index (χ0n) is 37.4. The average Bonchev–Trinajstić information content (AvgIpc) is 3.18. The summed E-state index contributed by atoms with van der Waals surface area (Å²) in [4.78, 5) is 27.5. The topological polar surface area (TPSA) is 79.9 Å². The van der Waals surface area contributed by atoms with Crippen LogP contribution in [0.1, 0.15) is 239 Å². The van der Waals surface area contributed by atoms with Gasteiger partial charge in [-0.3, -0.25) is 9.59 Å². The minimum atomic E-state index is -0.0158. The lowest BCUT2D eigenvalue weighted by Gasteiger charge is -2.23. The maximum Gasteiger partial charge on any atom is 0.306 e. The largest absolute Gasteiger partial charge is 0.466 e. The molecule has 0 aliphatic carbocycles. The quantitative estimate of drug-likeness (QED) is 0.0471. The maximum atomic E-state index is 12.8. The van der Waals surface area contributed by atoms with Crippen LogP contribution in [0.15, 0.2) is 12.4 Å². The summed E-state index contributed by atoms with van der Waals surface area (Å²) in [6.07, 6.45) is 39.9. The Hall–Kier alpha value is -1.76.